The molecular weight excluding hydrogens is 237 g/mol. The molecule has 1 nitrogen and oxygen atoms in total. The Bertz CT molecular complexity index is 604. The maximum Gasteiger partial charge on any atom is 0.123 e. The number of benzene rings is 2. The third-order valence-corrected chi connectivity index (χ3v) is 3.94. The third kappa shape index (κ3) is 2.54. The maximum absolute atomic E-state index is 13.4. The molecule has 0 amide bonds. The van der Waals surface area contributed by atoms with Gasteiger partial charge in [-0.15, -0.1) is 0 Å². The zero-order chi connectivity index (χ0) is 13.2. The second-order valence-corrected chi connectivity index (χ2v) is 5.23. The van der Waals surface area contributed by atoms with E-state index >= 15 is 0 Å². The third-order valence-electron chi connectivity index (χ3n) is 3.94. The summed E-state index contributed by atoms with van der Waals surface area (Å²) < 4.78 is 13.4. The number of aryl methyl sites for hydroxylation is 1. The van der Waals surface area contributed by atoms with Crippen molar-refractivity contribution in [3.63, 3.8) is 0 Å². The van der Waals surface area contributed by atoms with Crippen molar-refractivity contribution in [3.05, 3.63) is 70.0 Å². The summed E-state index contributed by atoms with van der Waals surface area (Å²) in [5.74, 6) is -0.150. The fourth-order valence-electron chi connectivity index (χ4n) is 2.79. The van der Waals surface area contributed by atoms with Crippen LogP contribution in [-0.4, -0.2) is 6.54 Å². The van der Waals surface area contributed by atoms with Crippen molar-refractivity contribution >= 4 is 0 Å². The molecule has 0 spiro atoms. The van der Waals surface area contributed by atoms with E-state index in [9.17, 15) is 4.39 Å². The van der Waals surface area contributed by atoms with Gasteiger partial charge in [0.1, 0.15) is 5.82 Å². The van der Waals surface area contributed by atoms with Gasteiger partial charge in [-0.1, -0.05) is 24.3 Å². The number of halogens is 1. The Hall–Kier alpha value is -1.67. The summed E-state index contributed by atoms with van der Waals surface area (Å²) in [6.07, 6.45) is 1.90. The lowest BCUT2D eigenvalue weighted by atomic mass is 9.91. The van der Waals surface area contributed by atoms with Gasteiger partial charge in [0.25, 0.3) is 0 Å². The van der Waals surface area contributed by atoms with Crippen molar-refractivity contribution in [2.24, 2.45) is 0 Å². The van der Waals surface area contributed by atoms with Crippen molar-refractivity contribution in [2.75, 3.05) is 6.54 Å². The summed E-state index contributed by atoms with van der Waals surface area (Å²) in [7, 11) is 0. The minimum Gasteiger partial charge on any atom is -0.312 e. The van der Waals surface area contributed by atoms with Crippen LogP contribution < -0.4 is 5.32 Å². The number of fused-ring (bicyclic) bond motifs is 1. The van der Waals surface area contributed by atoms with Crippen LogP contribution in [-0.2, 0) is 19.4 Å². The van der Waals surface area contributed by atoms with Gasteiger partial charge in [0, 0.05) is 6.54 Å². The molecule has 1 aliphatic heterocycles. The Labute approximate surface area is 113 Å². The summed E-state index contributed by atoms with van der Waals surface area (Å²) in [4.78, 5) is 0. The fourth-order valence-corrected chi connectivity index (χ4v) is 2.79. The van der Waals surface area contributed by atoms with Crippen molar-refractivity contribution in [1.29, 1.82) is 0 Å². The first kappa shape index (κ1) is 12.4. The molecule has 3 rings (SSSR count). The Kier molecular flexibility index (Phi) is 3.34. The molecule has 0 radical (unpaired) electrons. The summed E-state index contributed by atoms with van der Waals surface area (Å²) >= 11 is 0. The maximum atomic E-state index is 13.4. The Morgan fingerprint density at radius 3 is 2.95 bits per heavy atom. The molecule has 0 aliphatic carbocycles. The van der Waals surface area contributed by atoms with Gasteiger partial charge in [-0.25, -0.2) is 4.39 Å². The smallest absolute Gasteiger partial charge is 0.123 e. The van der Waals surface area contributed by atoms with Crippen molar-refractivity contribution in [2.45, 2.75) is 26.3 Å². The van der Waals surface area contributed by atoms with E-state index in [4.69, 9.17) is 0 Å². The highest BCUT2D eigenvalue weighted by molar-refractivity contribution is 5.41. The molecule has 2 aromatic carbocycles. The Morgan fingerprint density at radius 2 is 2.05 bits per heavy atom. The minimum absolute atomic E-state index is 0.150. The first-order valence-corrected chi connectivity index (χ1v) is 6.79. The van der Waals surface area contributed by atoms with Gasteiger partial charge in [0.15, 0.2) is 0 Å². The molecule has 2 aromatic rings. The van der Waals surface area contributed by atoms with Gasteiger partial charge in [0.05, 0.1) is 0 Å². The van der Waals surface area contributed by atoms with Crippen LogP contribution in [0, 0.1) is 12.7 Å². The summed E-state index contributed by atoms with van der Waals surface area (Å²) in [6.45, 7) is 4.03. The van der Waals surface area contributed by atoms with E-state index < -0.39 is 0 Å². The topological polar surface area (TPSA) is 12.0 Å². The second kappa shape index (κ2) is 5.14. The van der Waals surface area contributed by atoms with Crippen LogP contribution in [0.25, 0.3) is 0 Å². The molecule has 1 aliphatic rings. The van der Waals surface area contributed by atoms with E-state index in [1.165, 1.54) is 22.8 Å². The average Bonchev–Trinajstić information content (AvgIpc) is 2.43. The van der Waals surface area contributed by atoms with E-state index in [2.05, 4.69) is 23.5 Å². The SMILES string of the molecule is Cc1ccc(F)cc1Cc1cccc2c1CNCC2. The van der Waals surface area contributed by atoms with Gasteiger partial charge < -0.3 is 5.32 Å². The normalized spacial score (nSPS) is 14.2. The largest absolute Gasteiger partial charge is 0.312 e. The van der Waals surface area contributed by atoms with E-state index in [1.807, 2.05) is 13.0 Å². The fraction of sp³-hybridized carbons (Fsp3) is 0.294. The van der Waals surface area contributed by atoms with E-state index in [-0.39, 0.29) is 5.82 Å². The molecule has 0 saturated carbocycles. The van der Waals surface area contributed by atoms with Gasteiger partial charge in [-0.05, 0) is 66.3 Å². The zero-order valence-corrected chi connectivity index (χ0v) is 11.2. The summed E-state index contributed by atoms with van der Waals surface area (Å²) in [5.41, 5.74) is 6.39. The van der Waals surface area contributed by atoms with Gasteiger partial charge in [-0.2, -0.15) is 0 Å². The Morgan fingerprint density at radius 1 is 1.16 bits per heavy atom. The molecule has 2 heteroatoms. The van der Waals surface area contributed by atoms with Gasteiger partial charge in [-0.3, -0.25) is 0 Å². The first-order valence-electron chi connectivity index (χ1n) is 6.79. The number of rotatable bonds is 2. The highest BCUT2D eigenvalue weighted by Gasteiger charge is 2.13. The van der Waals surface area contributed by atoms with Crippen molar-refractivity contribution in [1.82, 2.24) is 5.32 Å². The molecule has 0 aromatic heterocycles. The minimum atomic E-state index is -0.150. The number of hydrogen-bond donors (Lipinski definition) is 1. The zero-order valence-electron chi connectivity index (χ0n) is 11.2. The molecule has 1 N–H and O–H groups in total. The van der Waals surface area contributed by atoms with Crippen LogP contribution in [0.15, 0.2) is 36.4 Å². The van der Waals surface area contributed by atoms with Crippen LogP contribution in [0.4, 0.5) is 4.39 Å². The molecule has 0 bridgehead atoms. The lowest BCUT2D eigenvalue weighted by Crippen LogP contribution is -2.24. The van der Waals surface area contributed by atoms with Crippen molar-refractivity contribution < 1.29 is 4.39 Å². The molecule has 0 fully saturated rings. The Balaban J connectivity index is 1.97. The molecule has 0 atom stereocenters. The number of nitrogens with one attached hydrogen (secondary N) is 1. The van der Waals surface area contributed by atoms with Crippen LogP contribution in [0.2, 0.25) is 0 Å². The standard InChI is InChI=1S/C17H18FN/c1-12-5-6-16(18)10-15(12)9-14-4-2-3-13-7-8-19-11-17(13)14/h2-6,10,19H,7-9,11H2,1H3. The monoisotopic (exact) mass is 255 g/mol. The second-order valence-electron chi connectivity index (χ2n) is 5.23. The van der Waals surface area contributed by atoms with E-state index in [1.54, 1.807) is 6.07 Å². The average molecular weight is 255 g/mol. The van der Waals surface area contributed by atoms with Crippen LogP contribution in [0.3, 0.4) is 0 Å². The summed E-state index contributed by atoms with van der Waals surface area (Å²) in [6, 6.07) is 11.5. The summed E-state index contributed by atoms with van der Waals surface area (Å²) in [5, 5.41) is 3.42. The highest BCUT2D eigenvalue weighted by atomic mass is 19.1. The van der Waals surface area contributed by atoms with Gasteiger partial charge >= 0.3 is 0 Å². The molecule has 98 valence electrons. The van der Waals surface area contributed by atoms with Crippen LogP contribution in [0.1, 0.15) is 27.8 Å². The lowest BCUT2D eigenvalue weighted by molar-refractivity contribution is 0.624. The van der Waals surface area contributed by atoms with Gasteiger partial charge in [0.2, 0.25) is 0 Å². The molecule has 1 heterocycles. The molecular formula is C17H18FN. The lowest BCUT2D eigenvalue weighted by Gasteiger charge is -2.20. The molecule has 0 unspecified atom stereocenters. The predicted molar refractivity (Wildman–Crippen MR) is 75.8 cm³/mol. The van der Waals surface area contributed by atoms with Crippen LogP contribution >= 0.6 is 0 Å². The highest BCUT2D eigenvalue weighted by Crippen LogP contribution is 2.23. The molecule has 0 saturated heterocycles. The molecule has 19 heavy (non-hydrogen) atoms. The van der Waals surface area contributed by atoms with E-state index in [0.29, 0.717) is 0 Å². The quantitative estimate of drug-likeness (QED) is 0.867. The van der Waals surface area contributed by atoms with E-state index in [0.717, 1.165) is 37.1 Å². The predicted octanol–water partition coefficient (Wildman–Crippen LogP) is 3.37. The first-order chi connectivity index (χ1) is 9.24. The number of hydrogen-bond acceptors (Lipinski definition) is 1. The van der Waals surface area contributed by atoms with Crippen LogP contribution in [0.5, 0.6) is 0 Å². The van der Waals surface area contributed by atoms with Crippen molar-refractivity contribution in [3.8, 4) is 0 Å².